The number of hydrogen-bond donors (Lipinski definition) is 1. The third-order valence-corrected chi connectivity index (χ3v) is 3.06. The van der Waals surface area contributed by atoms with Crippen molar-refractivity contribution >= 4 is 28.0 Å². The summed E-state index contributed by atoms with van der Waals surface area (Å²) in [7, 11) is 1.70. The van der Waals surface area contributed by atoms with E-state index in [0.29, 0.717) is 34.4 Å². The molecule has 0 amide bonds. The Bertz CT molecular complexity index is 837. The van der Waals surface area contributed by atoms with E-state index in [9.17, 15) is 9.59 Å². The number of fused-ring (bicyclic) bond motifs is 3. The van der Waals surface area contributed by atoms with Crippen molar-refractivity contribution in [3.05, 3.63) is 34.4 Å². The standard InChI is InChI=1S/C13H12N2O4/c1-3-18-13(17)7-6-9-11(15(7)2)10-8(19-9)4-5-14-12(10)16/h4-6H,3H2,1-2H3,(H,14,16). The number of carbonyl (C=O) groups excluding carboxylic acids is 1. The first-order valence-corrected chi connectivity index (χ1v) is 5.90. The molecule has 0 spiro atoms. The average Bonchev–Trinajstić information content (AvgIpc) is 2.88. The van der Waals surface area contributed by atoms with Gasteiger partial charge in [-0.05, 0) is 13.0 Å². The third kappa shape index (κ3) is 1.56. The topological polar surface area (TPSA) is 77.2 Å². The van der Waals surface area contributed by atoms with E-state index in [1.54, 1.807) is 30.7 Å². The monoisotopic (exact) mass is 260 g/mol. The lowest BCUT2D eigenvalue weighted by molar-refractivity contribution is 0.0516. The van der Waals surface area contributed by atoms with Gasteiger partial charge in [-0.15, -0.1) is 0 Å². The van der Waals surface area contributed by atoms with Gasteiger partial charge in [0.2, 0.25) is 0 Å². The summed E-state index contributed by atoms with van der Waals surface area (Å²) in [6.45, 7) is 2.04. The van der Waals surface area contributed by atoms with Crippen molar-refractivity contribution in [1.82, 2.24) is 9.55 Å². The van der Waals surface area contributed by atoms with Gasteiger partial charge in [-0.1, -0.05) is 0 Å². The molecule has 6 heteroatoms. The van der Waals surface area contributed by atoms with Crippen LogP contribution in [0.3, 0.4) is 0 Å². The Balaban J connectivity index is 2.34. The van der Waals surface area contributed by atoms with Gasteiger partial charge in [0, 0.05) is 19.3 Å². The maximum Gasteiger partial charge on any atom is 0.355 e. The fourth-order valence-electron chi connectivity index (χ4n) is 2.23. The molecular formula is C13H12N2O4. The van der Waals surface area contributed by atoms with Crippen LogP contribution in [0.2, 0.25) is 0 Å². The van der Waals surface area contributed by atoms with E-state index in [-0.39, 0.29) is 5.56 Å². The maximum atomic E-state index is 11.9. The minimum Gasteiger partial charge on any atom is -0.461 e. The number of pyridine rings is 1. The number of ether oxygens (including phenoxy) is 1. The highest BCUT2D eigenvalue weighted by Gasteiger charge is 2.20. The van der Waals surface area contributed by atoms with Crippen molar-refractivity contribution in [2.45, 2.75) is 6.92 Å². The van der Waals surface area contributed by atoms with Crippen LogP contribution < -0.4 is 5.56 Å². The maximum absolute atomic E-state index is 11.9. The van der Waals surface area contributed by atoms with Crippen LogP contribution in [-0.4, -0.2) is 22.1 Å². The van der Waals surface area contributed by atoms with Crippen LogP contribution >= 0.6 is 0 Å². The normalized spacial score (nSPS) is 11.3. The second-order valence-corrected chi connectivity index (χ2v) is 4.17. The molecule has 0 atom stereocenters. The van der Waals surface area contributed by atoms with Gasteiger partial charge in [-0.2, -0.15) is 0 Å². The predicted octanol–water partition coefficient (Wildman–Crippen LogP) is 1.79. The zero-order valence-electron chi connectivity index (χ0n) is 10.5. The molecule has 0 fully saturated rings. The Hall–Kier alpha value is -2.50. The fourth-order valence-corrected chi connectivity index (χ4v) is 2.23. The number of nitrogens with one attached hydrogen (secondary N) is 1. The number of hydrogen-bond acceptors (Lipinski definition) is 4. The molecule has 98 valence electrons. The lowest BCUT2D eigenvalue weighted by atomic mass is 10.3. The van der Waals surface area contributed by atoms with Gasteiger partial charge >= 0.3 is 5.97 Å². The Labute approximate surface area is 107 Å². The fraction of sp³-hybridized carbons (Fsp3) is 0.231. The van der Waals surface area contributed by atoms with Crippen LogP contribution in [0.5, 0.6) is 0 Å². The van der Waals surface area contributed by atoms with E-state index in [1.165, 1.54) is 6.20 Å². The van der Waals surface area contributed by atoms with Crippen molar-refractivity contribution in [3.63, 3.8) is 0 Å². The number of esters is 1. The van der Waals surface area contributed by atoms with Crippen LogP contribution in [0, 0.1) is 0 Å². The van der Waals surface area contributed by atoms with E-state index in [1.807, 2.05) is 0 Å². The average molecular weight is 260 g/mol. The first-order valence-electron chi connectivity index (χ1n) is 5.90. The first-order chi connectivity index (χ1) is 9.13. The van der Waals surface area contributed by atoms with Crippen molar-refractivity contribution < 1.29 is 13.9 Å². The summed E-state index contributed by atoms with van der Waals surface area (Å²) < 4.78 is 12.2. The number of aromatic nitrogens is 2. The second-order valence-electron chi connectivity index (χ2n) is 4.17. The summed E-state index contributed by atoms with van der Waals surface area (Å²) in [5, 5.41) is 0.440. The van der Waals surface area contributed by atoms with Crippen LogP contribution in [0.1, 0.15) is 17.4 Å². The second kappa shape index (κ2) is 4.01. The van der Waals surface area contributed by atoms with Gasteiger partial charge in [0.25, 0.3) is 5.56 Å². The summed E-state index contributed by atoms with van der Waals surface area (Å²) in [4.78, 5) is 26.2. The lowest BCUT2D eigenvalue weighted by Crippen LogP contribution is -2.10. The summed E-state index contributed by atoms with van der Waals surface area (Å²) >= 11 is 0. The molecule has 6 nitrogen and oxygen atoms in total. The molecular weight excluding hydrogens is 248 g/mol. The molecule has 19 heavy (non-hydrogen) atoms. The van der Waals surface area contributed by atoms with Gasteiger partial charge < -0.3 is 18.7 Å². The number of H-pyrrole nitrogens is 1. The highest BCUT2D eigenvalue weighted by Crippen LogP contribution is 2.28. The van der Waals surface area contributed by atoms with E-state index < -0.39 is 5.97 Å². The quantitative estimate of drug-likeness (QED) is 0.712. The Kier molecular flexibility index (Phi) is 2.45. The Morgan fingerprint density at radius 3 is 3.00 bits per heavy atom. The molecule has 0 aliphatic heterocycles. The molecule has 1 N–H and O–H groups in total. The highest BCUT2D eigenvalue weighted by molar-refractivity contribution is 6.06. The van der Waals surface area contributed by atoms with Gasteiger partial charge in [0.1, 0.15) is 22.2 Å². The number of furan rings is 1. The van der Waals surface area contributed by atoms with Gasteiger partial charge in [0.05, 0.1) is 6.61 Å². The number of carbonyl (C=O) groups is 1. The molecule has 3 aromatic rings. The van der Waals surface area contributed by atoms with Crippen LogP contribution in [0.4, 0.5) is 0 Å². The summed E-state index contributed by atoms with van der Waals surface area (Å²) in [5.74, 6) is -0.433. The molecule has 0 aliphatic carbocycles. The molecule has 0 aliphatic rings. The largest absolute Gasteiger partial charge is 0.461 e. The van der Waals surface area contributed by atoms with Crippen LogP contribution in [0.15, 0.2) is 27.5 Å². The van der Waals surface area contributed by atoms with E-state index in [4.69, 9.17) is 9.15 Å². The molecule has 0 aromatic carbocycles. The highest BCUT2D eigenvalue weighted by atomic mass is 16.5. The van der Waals surface area contributed by atoms with E-state index >= 15 is 0 Å². The molecule has 0 unspecified atom stereocenters. The minimum atomic E-state index is -0.433. The SMILES string of the molecule is CCOC(=O)c1cc2oc3cc[nH]c(=O)c3c2n1C. The summed E-state index contributed by atoms with van der Waals surface area (Å²) in [6.07, 6.45) is 1.53. The van der Waals surface area contributed by atoms with E-state index in [0.717, 1.165) is 0 Å². The number of aryl methyl sites for hydroxylation is 1. The molecule has 0 radical (unpaired) electrons. The van der Waals surface area contributed by atoms with Crippen LogP contribution in [-0.2, 0) is 11.8 Å². The van der Waals surface area contributed by atoms with Gasteiger partial charge in [-0.25, -0.2) is 4.79 Å². The van der Waals surface area contributed by atoms with Crippen molar-refractivity contribution in [2.75, 3.05) is 6.61 Å². The minimum absolute atomic E-state index is 0.243. The predicted molar refractivity (Wildman–Crippen MR) is 69.3 cm³/mol. The van der Waals surface area contributed by atoms with Gasteiger partial charge in [-0.3, -0.25) is 4.79 Å². The molecule has 3 aromatic heterocycles. The zero-order chi connectivity index (χ0) is 13.6. The number of nitrogens with zero attached hydrogens (tertiary/aromatic N) is 1. The third-order valence-electron chi connectivity index (χ3n) is 3.06. The van der Waals surface area contributed by atoms with Crippen molar-refractivity contribution in [3.8, 4) is 0 Å². The molecule has 3 heterocycles. The molecule has 3 rings (SSSR count). The molecule has 0 saturated heterocycles. The Morgan fingerprint density at radius 1 is 1.47 bits per heavy atom. The number of aromatic amines is 1. The lowest BCUT2D eigenvalue weighted by Gasteiger charge is -2.03. The summed E-state index contributed by atoms with van der Waals surface area (Å²) in [5.41, 5.74) is 1.71. The van der Waals surface area contributed by atoms with E-state index in [2.05, 4.69) is 4.98 Å². The zero-order valence-corrected chi connectivity index (χ0v) is 10.5. The summed E-state index contributed by atoms with van der Waals surface area (Å²) in [6, 6.07) is 3.27. The molecule has 0 bridgehead atoms. The Morgan fingerprint density at radius 2 is 2.26 bits per heavy atom. The van der Waals surface area contributed by atoms with Crippen LogP contribution in [0.25, 0.3) is 22.1 Å². The smallest absolute Gasteiger partial charge is 0.355 e. The number of rotatable bonds is 2. The first kappa shape index (κ1) is 11.6. The molecule has 0 saturated carbocycles. The van der Waals surface area contributed by atoms with Gasteiger partial charge in [0.15, 0.2) is 5.58 Å². The van der Waals surface area contributed by atoms with Crippen molar-refractivity contribution in [1.29, 1.82) is 0 Å². The van der Waals surface area contributed by atoms with Crippen molar-refractivity contribution in [2.24, 2.45) is 7.05 Å².